The largest absolute Gasteiger partial charge is 0.365 e. The third-order valence-electron chi connectivity index (χ3n) is 5.14. The molecule has 9 nitrogen and oxygen atoms in total. The summed E-state index contributed by atoms with van der Waals surface area (Å²) in [5.41, 5.74) is 12.8. The van der Waals surface area contributed by atoms with Crippen molar-refractivity contribution in [3.63, 3.8) is 0 Å². The van der Waals surface area contributed by atoms with Crippen LogP contribution in [0.25, 0.3) is 5.69 Å². The molecule has 0 radical (unpaired) electrons. The molecule has 10 heteroatoms. The third-order valence-corrected chi connectivity index (χ3v) is 5.14. The van der Waals surface area contributed by atoms with E-state index in [1.807, 2.05) is 0 Å². The second-order valence-corrected chi connectivity index (χ2v) is 7.29. The Kier molecular flexibility index (Phi) is 5.57. The first kappa shape index (κ1) is 19.8. The number of aromatic nitrogens is 4. The summed E-state index contributed by atoms with van der Waals surface area (Å²) in [6.45, 7) is 0. The van der Waals surface area contributed by atoms with Gasteiger partial charge in [0, 0.05) is 24.5 Å². The van der Waals surface area contributed by atoms with E-state index in [2.05, 4.69) is 25.7 Å². The van der Waals surface area contributed by atoms with E-state index in [1.54, 1.807) is 41.6 Å². The number of pyridine rings is 2. The molecule has 1 aliphatic carbocycles. The number of carbonyl (C=O) groups is 1. The predicted molar refractivity (Wildman–Crippen MR) is 111 cm³/mol. The SMILES string of the molecule is NC(=O)c1cc(F)c(N[C@H]2CCCC[C@H]2N)nc1Nc1cncc(-n2cccn2)c1. The van der Waals surface area contributed by atoms with E-state index < -0.39 is 11.7 Å². The lowest BCUT2D eigenvalue weighted by Crippen LogP contribution is -2.43. The molecule has 30 heavy (non-hydrogen) atoms. The number of halogens is 1. The van der Waals surface area contributed by atoms with Crippen LogP contribution in [0.2, 0.25) is 0 Å². The topological polar surface area (TPSA) is 137 Å². The molecule has 1 fully saturated rings. The fraction of sp³-hybridized carbons (Fsp3) is 0.300. The summed E-state index contributed by atoms with van der Waals surface area (Å²) in [7, 11) is 0. The van der Waals surface area contributed by atoms with E-state index in [0.29, 0.717) is 11.4 Å². The van der Waals surface area contributed by atoms with Crippen molar-refractivity contribution in [3.05, 3.63) is 54.4 Å². The maximum absolute atomic E-state index is 14.6. The Bertz CT molecular complexity index is 1040. The Balaban J connectivity index is 1.64. The minimum Gasteiger partial charge on any atom is -0.365 e. The van der Waals surface area contributed by atoms with Crippen molar-refractivity contribution in [2.24, 2.45) is 11.5 Å². The molecule has 4 rings (SSSR count). The van der Waals surface area contributed by atoms with Crippen molar-refractivity contribution in [1.29, 1.82) is 0 Å². The summed E-state index contributed by atoms with van der Waals surface area (Å²) >= 11 is 0. The molecule has 1 aliphatic rings. The smallest absolute Gasteiger partial charge is 0.252 e. The number of nitrogens with zero attached hydrogens (tertiary/aromatic N) is 4. The van der Waals surface area contributed by atoms with Crippen LogP contribution in [0.5, 0.6) is 0 Å². The highest BCUT2D eigenvalue weighted by atomic mass is 19.1. The summed E-state index contributed by atoms with van der Waals surface area (Å²) < 4.78 is 16.3. The van der Waals surface area contributed by atoms with Crippen LogP contribution in [0.15, 0.2) is 43.0 Å². The molecule has 3 heterocycles. The zero-order valence-electron chi connectivity index (χ0n) is 16.3. The molecule has 3 aromatic rings. The molecule has 3 aromatic heterocycles. The van der Waals surface area contributed by atoms with E-state index in [1.165, 1.54) is 0 Å². The highest BCUT2D eigenvalue weighted by Crippen LogP contribution is 2.27. The van der Waals surface area contributed by atoms with E-state index in [4.69, 9.17) is 11.5 Å². The maximum atomic E-state index is 14.6. The average molecular weight is 410 g/mol. The molecule has 1 amide bonds. The van der Waals surface area contributed by atoms with Crippen molar-refractivity contribution >= 4 is 23.2 Å². The number of anilines is 3. The van der Waals surface area contributed by atoms with Gasteiger partial charge in [-0.3, -0.25) is 9.78 Å². The van der Waals surface area contributed by atoms with Gasteiger partial charge < -0.3 is 22.1 Å². The Morgan fingerprint density at radius 2 is 2.03 bits per heavy atom. The highest BCUT2D eigenvalue weighted by molar-refractivity contribution is 5.98. The summed E-state index contributed by atoms with van der Waals surface area (Å²) in [4.78, 5) is 20.4. The van der Waals surface area contributed by atoms with E-state index in [0.717, 1.165) is 31.7 Å². The maximum Gasteiger partial charge on any atom is 0.252 e. The normalized spacial score (nSPS) is 18.7. The Morgan fingerprint density at radius 3 is 2.77 bits per heavy atom. The van der Waals surface area contributed by atoms with E-state index >= 15 is 0 Å². The standard InChI is InChI=1S/C20H23FN8O/c21-15-9-14(18(23)30)19(28-20(15)27-17-5-2-1-4-16(17)22)26-12-8-13(11-24-10-12)29-7-3-6-25-29/h3,6-11,16-17H,1-2,4-5,22H2,(H2,23,30)(H2,26,27,28)/t16-,17+/m1/s1. The number of hydrogen-bond acceptors (Lipinski definition) is 7. The predicted octanol–water partition coefficient (Wildman–Crippen LogP) is 2.33. The molecule has 0 aromatic carbocycles. The highest BCUT2D eigenvalue weighted by Gasteiger charge is 2.24. The quantitative estimate of drug-likeness (QED) is 0.489. The minimum atomic E-state index is -0.791. The van der Waals surface area contributed by atoms with Gasteiger partial charge in [-0.25, -0.2) is 14.1 Å². The van der Waals surface area contributed by atoms with Gasteiger partial charge in [0.1, 0.15) is 5.82 Å². The molecule has 0 bridgehead atoms. The van der Waals surface area contributed by atoms with Crippen LogP contribution in [0.3, 0.4) is 0 Å². The van der Waals surface area contributed by atoms with Crippen LogP contribution < -0.4 is 22.1 Å². The van der Waals surface area contributed by atoms with Crippen molar-refractivity contribution in [2.45, 2.75) is 37.8 Å². The number of hydrogen-bond donors (Lipinski definition) is 4. The number of carbonyl (C=O) groups excluding carboxylic acids is 1. The van der Waals surface area contributed by atoms with Crippen LogP contribution in [-0.4, -0.2) is 37.7 Å². The van der Waals surface area contributed by atoms with Gasteiger partial charge in [0.25, 0.3) is 5.91 Å². The van der Waals surface area contributed by atoms with Gasteiger partial charge >= 0.3 is 0 Å². The van der Waals surface area contributed by atoms with Crippen LogP contribution >= 0.6 is 0 Å². The fourth-order valence-electron chi connectivity index (χ4n) is 3.57. The van der Waals surface area contributed by atoms with Crippen molar-refractivity contribution in [2.75, 3.05) is 10.6 Å². The first-order chi connectivity index (χ1) is 14.5. The van der Waals surface area contributed by atoms with Crippen molar-refractivity contribution in [1.82, 2.24) is 19.7 Å². The molecule has 0 saturated heterocycles. The van der Waals surface area contributed by atoms with Crippen LogP contribution in [-0.2, 0) is 0 Å². The summed E-state index contributed by atoms with van der Waals surface area (Å²) in [5.74, 6) is -1.28. The second kappa shape index (κ2) is 8.46. The van der Waals surface area contributed by atoms with E-state index in [9.17, 15) is 9.18 Å². The molecule has 0 unspecified atom stereocenters. The van der Waals surface area contributed by atoms with E-state index in [-0.39, 0.29) is 29.3 Å². The van der Waals surface area contributed by atoms with Crippen molar-refractivity contribution in [3.8, 4) is 5.69 Å². The fourth-order valence-corrected chi connectivity index (χ4v) is 3.57. The zero-order chi connectivity index (χ0) is 21.1. The molecule has 0 spiro atoms. The average Bonchev–Trinajstić information content (AvgIpc) is 3.27. The first-order valence-corrected chi connectivity index (χ1v) is 9.76. The van der Waals surface area contributed by atoms with Gasteiger partial charge in [0.15, 0.2) is 11.6 Å². The molecule has 6 N–H and O–H groups in total. The minimum absolute atomic E-state index is 0.0287. The Hall–Kier alpha value is -3.53. The molecule has 0 aliphatic heterocycles. The summed E-state index contributed by atoms with van der Waals surface area (Å²) in [5, 5.41) is 10.3. The van der Waals surface area contributed by atoms with Gasteiger partial charge in [0.05, 0.1) is 29.3 Å². The Labute approximate surface area is 172 Å². The van der Waals surface area contributed by atoms with Gasteiger partial charge in [-0.05, 0) is 31.0 Å². The molecular formula is C20H23FN8O. The molecular weight excluding hydrogens is 387 g/mol. The van der Waals surface area contributed by atoms with Crippen LogP contribution in [0.1, 0.15) is 36.0 Å². The third kappa shape index (κ3) is 4.23. The lowest BCUT2D eigenvalue weighted by molar-refractivity contribution is 0.100. The zero-order valence-corrected chi connectivity index (χ0v) is 16.3. The number of primary amides is 1. The number of amides is 1. The summed E-state index contributed by atoms with van der Waals surface area (Å²) in [6, 6.07) is 4.49. The first-order valence-electron chi connectivity index (χ1n) is 9.76. The monoisotopic (exact) mass is 410 g/mol. The Morgan fingerprint density at radius 1 is 1.20 bits per heavy atom. The molecule has 2 atom stereocenters. The molecule has 156 valence electrons. The second-order valence-electron chi connectivity index (χ2n) is 7.29. The lowest BCUT2D eigenvalue weighted by Gasteiger charge is -2.30. The van der Waals surface area contributed by atoms with Gasteiger partial charge in [-0.1, -0.05) is 12.8 Å². The molecule has 1 saturated carbocycles. The van der Waals surface area contributed by atoms with Gasteiger partial charge in [-0.2, -0.15) is 5.10 Å². The summed E-state index contributed by atoms with van der Waals surface area (Å²) in [6.07, 6.45) is 10.4. The van der Waals surface area contributed by atoms with Crippen LogP contribution in [0, 0.1) is 5.82 Å². The number of nitrogens with two attached hydrogens (primary N) is 2. The number of nitrogens with one attached hydrogen (secondary N) is 2. The lowest BCUT2D eigenvalue weighted by atomic mass is 9.91. The van der Waals surface area contributed by atoms with Crippen LogP contribution in [0.4, 0.5) is 21.7 Å². The van der Waals surface area contributed by atoms with Crippen molar-refractivity contribution < 1.29 is 9.18 Å². The van der Waals surface area contributed by atoms with Gasteiger partial charge in [-0.15, -0.1) is 0 Å². The number of rotatable bonds is 6. The van der Waals surface area contributed by atoms with Gasteiger partial charge in [0.2, 0.25) is 0 Å².